The van der Waals surface area contributed by atoms with Crippen LogP contribution in [0.1, 0.15) is 23.6 Å². The molecular weight excluding hydrogens is 386 g/mol. The van der Waals surface area contributed by atoms with E-state index >= 15 is 0 Å². The van der Waals surface area contributed by atoms with Gasteiger partial charge in [-0.2, -0.15) is 5.10 Å². The second-order valence-corrected chi connectivity index (χ2v) is 7.30. The van der Waals surface area contributed by atoms with Crippen LogP contribution in [-0.4, -0.2) is 23.3 Å². The molecule has 0 aliphatic carbocycles. The van der Waals surface area contributed by atoms with Gasteiger partial charge in [-0.25, -0.2) is 5.43 Å². The molecule has 0 bridgehead atoms. The molecule has 5 nitrogen and oxygen atoms in total. The highest BCUT2D eigenvalue weighted by molar-refractivity contribution is 5.99. The van der Waals surface area contributed by atoms with Crippen LogP contribution < -0.4 is 10.2 Å². The SMILES string of the molecule is CCc1cccc(OCC(=O)N/N=C/c2cn(Cc3ccccc3)c3ccccc23)c1. The molecule has 0 aliphatic heterocycles. The van der Waals surface area contributed by atoms with Gasteiger partial charge in [-0.15, -0.1) is 0 Å². The minimum absolute atomic E-state index is 0.0831. The number of fused-ring (bicyclic) bond motifs is 1. The Bertz CT molecular complexity index is 1200. The first kappa shape index (κ1) is 20.4. The maximum atomic E-state index is 12.1. The molecule has 31 heavy (non-hydrogen) atoms. The van der Waals surface area contributed by atoms with Crippen LogP contribution in [0.5, 0.6) is 5.75 Å². The van der Waals surface area contributed by atoms with E-state index in [1.165, 1.54) is 11.1 Å². The minimum atomic E-state index is -0.300. The third-order valence-electron chi connectivity index (χ3n) is 5.08. The van der Waals surface area contributed by atoms with Crippen LogP contribution in [-0.2, 0) is 17.8 Å². The number of nitrogens with one attached hydrogen (secondary N) is 1. The number of hydrogen-bond donors (Lipinski definition) is 1. The number of carbonyl (C=O) groups is 1. The summed E-state index contributed by atoms with van der Waals surface area (Å²) in [6.07, 6.45) is 4.66. The molecule has 4 aromatic rings. The van der Waals surface area contributed by atoms with E-state index in [4.69, 9.17) is 4.74 Å². The van der Waals surface area contributed by atoms with Crippen LogP contribution in [0.2, 0.25) is 0 Å². The third kappa shape index (κ3) is 5.20. The summed E-state index contributed by atoms with van der Waals surface area (Å²) in [5.74, 6) is 0.383. The number of nitrogens with zero attached hydrogens (tertiary/aromatic N) is 2. The van der Waals surface area contributed by atoms with E-state index in [-0.39, 0.29) is 12.5 Å². The topological polar surface area (TPSA) is 55.6 Å². The molecule has 0 unspecified atom stereocenters. The normalized spacial score (nSPS) is 11.1. The molecule has 0 saturated carbocycles. The van der Waals surface area contributed by atoms with E-state index in [9.17, 15) is 4.79 Å². The maximum Gasteiger partial charge on any atom is 0.277 e. The number of benzene rings is 3. The Hall–Kier alpha value is -3.86. The average molecular weight is 412 g/mol. The molecule has 0 fully saturated rings. The van der Waals surface area contributed by atoms with E-state index in [0.717, 1.165) is 29.4 Å². The molecule has 3 aromatic carbocycles. The molecule has 1 aromatic heterocycles. The number of para-hydroxylation sites is 1. The fraction of sp³-hybridized carbons (Fsp3) is 0.154. The molecule has 1 amide bonds. The molecule has 0 aliphatic rings. The third-order valence-corrected chi connectivity index (χ3v) is 5.08. The Kier molecular flexibility index (Phi) is 6.43. The van der Waals surface area contributed by atoms with Gasteiger partial charge < -0.3 is 9.30 Å². The minimum Gasteiger partial charge on any atom is -0.484 e. The summed E-state index contributed by atoms with van der Waals surface area (Å²) in [4.78, 5) is 12.1. The number of hydrazone groups is 1. The number of rotatable bonds is 8. The van der Waals surface area contributed by atoms with E-state index in [1.807, 2.05) is 54.6 Å². The van der Waals surface area contributed by atoms with Crippen LogP contribution in [0.15, 0.2) is 90.2 Å². The number of aromatic nitrogens is 1. The first-order valence-electron chi connectivity index (χ1n) is 10.4. The lowest BCUT2D eigenvalue weighted by Crippen LogP contribution is -2.24. The van der Waals surface area contributed by atoms with Crippen molar-refractivity contribution in [2.45, 2.75) is 19.9 Å². The van der Waals surface area contributed by atoms with Crippen molar-refractivity contribution in [2.24, 2.45) is 5.10 Å². The van der Waals surface area contributed by atoms with Crippen molar-refractivity contribution in [3.05, 3.63) is 102 Å². The van der Waals surface area contributed by atoms with Crippen molar-refractivity contribution >= 4 is 23.0 Å². The summed E-state index contributed by atoms with van der Waals surface area (Å²) in [5.41, 5.74) is 7.02. The number of amides is 1. The predicted octanol–water partition coefficient (Wildman–Crippen LogP) is 4.78. The van der Waals surface area contributed by atoms with Crippen molar-refractivity contribution in [3.8, 4) is 5.75 Å². The highest BCUT2D eigenvalue weighted by Gasteiger charge is 2.07. The zero-order valence-corrected chi connectivity index (χ0v) is 17.5. The Morgan fingerprint density at radius 3 is 2.61 bits per heavy atom. The molecule has 5 heteroatoms. The van der Waals surface area contributed by atoms with Crippen LogP contribution in [0.4, 0.5) is 0 Å². The summed E-state index contributed by atoms with van der Waals surface area (Å²) in [5, 5.41) is 5.23. The summed E-state index contributed by atoms with van der Waals surface area (Å²) in [6, 6.07) is 26.2. The van der Waals surface area contributed by atoms with Gasteiger partial charge >= 0.3 is 0 Å². The monoisotopic (exact) mass is 411 g/mol. The lowest BCUT2D eigenvalue weighted by molar-refractivity contribution is -0.123. The Morgan fingerprint density at radius 1 is 1.00 bits per heavy atom. The zero-order chi connectivity index (χ0) is 21.5. The van der Waals surface area contributed by atoms with Gasteiger partial charge in [-0.05, 0) is 35.7 Å². The van der Waals surface area contributed by atoms with Crippen molar-refractivity contribution < 1.29 is 9.53 Å². The lowest BCUT2D eigenvalue weighted by Gasteiger charge is -2.06. The lowest BCUT2D eigenvalue weighted by atomic mass is 10.2. The number of ether oxygens (including phenoxy) is 1. The number of hydrogen-bond acceptors (Lipinski definition) is 3. The summed E-state index contributed by atoms with van der Waals surface area (Å²) in [7, 11) is 0. The van der Waals surface area contributed by atoms with Crippen LogP contribution in [0.3, 0.4) is 0 Å². The largest absolute Gasteiger partial charge is 0.484 e. The first-order chi connectivity index (χ1) is 15.2. The summed E-state index contributed by atoms with van der Waals surface area (Å²) < 4.78 is 7.76. The van der Waals surface area contributed by atoms with Gasteiger partial charge in [0, 0.05) is 29.2 Å². The quantitative estimate of drug-likeness (QED) is 0.335. The molecule has 0 atom stereocenters. The Labute approximate surface area is 182 Å². The van der Waals surface area contributed by atoms with E-state index < -0.39 is 0 Å². The Morgan fingerprint density at radius 2 is 1.77 bits per heavy atom. The number of carbonyl (C=O) groups excluding carboxylic acids is 1. The van der Waals surface area contributed by atoms with Crippen molar-refractivity contribution in [1.29, 1.82) is 0 Å². The summed E-state index contributed by atoms with van der Waals surface area (Å²) in [6.45, 7) is 2.77. The molecule has 1 N–H and O–H groups in total. The van der Waals surface area contributed by atoms with Gasteiger partial charge in [0.15, 0.2) is 6.61 Å². The second kappa shape index (κ2) is 9.76. The van der Waals surface area contributed by atoms with E-state index in [1.54, 1.807) is 6.21 Å². The van der Waals surface area contributed by atoms with Crippen molar-refractivity contribution in [3.63, 3.8) is 0 Å². The molecule has 0 spiro atoms. The standard InChI is InChI=1S/C26H25N3O2/c1-2-20-11-8-12-23(15-20)31-19-26(30)28-27-16-22-18-29(17-21-9-4-3-5-10-21)25-14-7-6-13-24(22)25/h3-16,18H,2,17,19H2,1H3,(H,28,30)/b27-16+. The molecule has 1 heterocycles. The zero-order valence-electron chi connectivity index (χ0n) is 17.5. The van der Waals surface area contributed by atoms with E-state index in [2.05, 4.69) is 52.5 Å². The van der Waals surface area contributed by atoms with Crippen LogP contribution in [0.25, 0.3) is 10.9 Å². The molecule has 4 rings (SSSR count). The first-order valence-corrected chi connectivity index (χ1v) is 10.4. The van der Waals surface area contributed by atoms with Crippen LogP contribution >= 0.6 is 0 Å². The van der Waals surface area contributed by atoms with Crippen LogP contribution in [0, 0.1) is 0 Å². The highest BCUT2D eigenvalue weighted by Crippen LogP contribution is 2.21. The summed E-state index contributed by atoms with van der Waals surface area (Å²) >= 11 is 0. The molecule has 0 saturated heterocycles. The van der Waals surface area contributed by atoms with E-state index in [0.29, 0.717) is 5.75 Å². The van der Waals surface area contributed by atoms with Gasteiger partial charge in [0.05, 0.1) is 6.21 Å². The average Bonchev–Trinajstić information content (AvgIpc) is 3.16. The van der Waals surface area contributed by atoms with Gasteiger partial charge in [0.25, 0.3) is 5.91 Å². The highest BCUT2D eigenvalue weighted by atomic mass is 16.5. The maximum absolute atomic E-state index is 12.1. The van der Waals surface area contributed by atoms with Crippen molar-refractivity contribution in [1.82, 2.24) is 9.99 Å². The van der Waals surface area contributed by atoms with Gasteiger partial charge in [-0.1, -0.05) is 67.6 Å². The molecular formula is C26H25N3O2. The van der Waals surface area contributed by atoms with Gasteiger partial charge in [0.2, 0.25) is 0 Å². The van der Waals surface area contributed by atoms with Gasteiger partial charge in [0.1, 0.15) is 5.75 Å². The fourth-order valence-electron chi connectivity index (χ4n) is 3.50. The number of aryl methyl sites for hydroxylation is 1. The predicted molar refractivity (Wildman–Crippen MR) is 125 cm³/mol. The van der Waals surface area contributed by atoms with Gasteiger partial charge in [-0.3, -0.25) is 4.79 Å². The molecule has 156 valence electrons. The molecule has 0 radical (unpaired) electrons. The smallest absolute Gasteiger partial charge is 0.277 e. The Balaban J connectivity index is 1.41. The fourth-order valence-corrected chi connectivity index (χ4v) is 3.50. The van der Waals surface area contributed by atoms with Crippen molar-refractivity contribution in [2.75, 3.05) is 6.61 Å². The second-order valence-electron chi connectivity index (χ2n) is 7.30.